The van der Waals surface area contributed by atoms with Crippen LogP contribution in [0.15, 0.2) is 5.38 Å². The molecule has 1 aromatic heterocycles. The lowest BCUT2D eigenvalue weighted by atomic mass is 9.80. The van der Waals surface area contributed by atoms with Crippen molar-refractivity contribution in [3.05, 3.63) is 16.1 Å². The third-order valence-electron chi connectivity index (χ3n) is 4.84. The molecule has 0 aromatic carbocycles. The molecular weight excluding hydrogens is 312 g/mol. The zero-order chi connectivity index (χ0) is 16.4. The molecule has 3 rings (SSSR count). The van der Waals surface area contributed by atoms with Crippen LogP contribution in [-0.4, -0.2) is 40.5 Å². The molecule has 2 fully saturated rings. The summed E-state index contributed by atoms with van der Waals surface area (Å²) in [4.78, 5) is 30.6. The van der Waals surface area contributed by atoms with Crippen LogP contribution in [0.1, 0.15) is 43.8 Å². The number of rotatable bonds is 5. The Balaban J connectivity index is 1.64. The number of aryl methyl sites for hydroxylation is 1. The van der Waals surface area contributed by atoms with E-state index in [0.29, 0.717) is 0 Å². The third kappa shape index (κ3) is 3.40. The molecule has 7 heteroatoms. The van der Waals surface area contributed by atoms with Crippen LogP contribution in [0.25, 0.3) is 0 Å². The Morgan fingerprint density at radius 2 is 2.30 bits per heavy atom. The fraction of sp³-hybridized carbons (Fsp3) is 0.688. The second kappa shape index (κ2) is 6.57. The van der Waals surface area contributed by atoms with Gasteiger partial charge in [-0.2, -0.15) is 0 Å². The number of amides is 3. The number of carbonyl (C=O) groups is 2. The number of urea groups is 1. The summed E-state index contributed by atoms with van der Waals surface area (Å²) in [6.07, 6.45) is 4.15. The van der Waals surface area contributed by atoms with E-state index < -0.39 is 5.54 Å². The molecule has 2 N–H and O–H groups in total. The molecule has 0 spiro atoms. The second-order valence-corrected chi connectivity index (χ2v) is 7.61. The maximum Gasteiger partial charge on any atom is 0.322 e. The quantitative estimate of drug-likeness (QED) is 0.806. The molecule has 23 heavy (non-hydrogen) atoms. The predicted molar refractivity (Wildman–Crippen MR) is 89.2 cm³/mol. The van der Waals surface area contributed by atoms with Crippen molar-refractivity contribution in [2.24, 2.45) is 5.92 Å². The summed E-state index contributed by atoms with van der Waals surface area (Å²) in [5.74, 6) is -0.0651. The van der Waals surface area contributed by atoms with Crippen LogP contribution in [0.5, 0.6) is 0 Å². The van der Waals surface area contributed by atoms with Gasteiger partial charge in [-0.3, -0.25) is 15.0 Å². The average Bonchev–Trinajstić information content (AvgIpc) is 3.05. The number of likely N-dealkylation sites (tertiary alicyclic amines) is 1. The first-order chi connectivity index (χ1) is 11.0. The van der Waals surface area contributed by atoms with Gasteiger partial charge in [0, 0.05) is 24.4 Å². The minimum atomic E-state index is -0.787. The van der Waals surface area contributed by atoms with Crippen molar-refractivity contribution < 1.29 is 9.59 Å². The van der Waals surface area contributed by atoms with Crippen molar-refractivity contribution in [1.29, 1.82) is 0 Å². The highest BCUT2D eigenvalue weighted by molar-refractivity contribution is 7.09. The zero-order valence-corrected chi connectivity index (χ0v) is 14.5. The first kappa shape index (κ1) is 16.4. The molecule has 0 radical (unpaired) electrons. The zero-order valence-electron chi connectivity index (χ0n) is 13.7. The lowest BCUT2D eigenvalue weighted by Crippen LogP contribution is -2.55. The number of nitrogens with one attached hydrogen (secondary N) is 2. The van der Waals surface area contributed by atoms with Crippen LogP contribution in [0.3, 0.4) is 0 Å². The lowest BCUT2D eigenvalue weighted by molar-refractivity contribution is -0.126. The van der Waals surface area contributed by atoms with Crippen LogP contribution in [0.2, 0.25) is 0 Å². The molecule has 126 valence electrons. The summed E-state index contributed by atoms with van der Waals surface area (Å²) in [6.45, 7) is 6.65. The van der Waals surface area contributed by atoms with E-state index in [1.807, 2.05) is 6.92 Å². The van der Waals surface area contributed by atoms with Crippen molar-refractivity contribution in [3.63, 3.8) is 0 Å². The van der Waals surface area contributed by atoms with Crippen LogP contribution in [0, 0.1) is 5.92 Å². The molecule has 2 aliphatic rings. The van der Waals surface area contributed by atoms with E-state index in [-0.39, 0.29) is 17.9 Å². The second-order valence-electron chi connectivity index (χ2n) is 6.67. The summed E-state index contributed by atoms with van der Waals surface area (Å²) in [7, 11) is 0. The molecule has 3 heterocycles. The Bertz CT molecular complexity index is 603. The molecule has 1 aromatic rings. The van der Waals surface area contributed by atoms with Crippen molar-refractivity contribution in [2.45, 2.75) is 51.6 Å². The summed E-state index contributed by atoms with van der Waals surface area (Å²) >= 11 is 1.73. The van der Waals surface area contributed by atoms with Gasteiger partial charge in [0.25, 0.3) is 5.91 Å². The number of thiazole rings is 1. The molecular formula is C16H24N4O2S. The molecule has 2 atom stereocenters. The van der Waals surface area contributed by atoms with Crippen molar-refractivity contribution in [3.8, 4) is 0 Å². The molecule has 2 aliphatic heterocycles. The average molecular weight is 336 g/mol. The van der Waals surface area contributed by atoms with Gasteiger partial charge in [0.2, 0.25) is 0 Å². The van der Waals surface area contributed by atoms with E-state index in [0.717, 1.165) is 51.0 Å². The third-order valence-corrected chi connectivity index (χ3v) is 5.80. The van der Waals surface area contributed by atoms with Crippen molar-refractivity contribution >= 4 is 23.3 Å². The summed E-state index contributed by atoms with van der Waals surface area (Å²) in [6, 6.07) is -0.377. The summed E-state index contributed by atoms with van der Waals surface area (Å²) in [5, 5.41) is 8.52. The van der Waals surface area contributed by atoms with E-state index in [1.165, 1.54) is 5.01 Å². The Morgan fingerprint density at radius 3 is 3.00 bits per heavy atom. The van der Waals surface area contributed by atoms with Crippen LogP contribution in [-0.2, 0) is 17.8 Å². The standard InChI is InChI=1S/C16H24N4O2S/c1-3-5-13-17-12(10-23-13)9-20-7-4-6-11(8-20)16(2)14(21)18-15(22)19-16/h10-11H,3-9H2,1-2H3,(H2,18,19,21,22)/t11-,16+/m1/s1. The minimum Gasteiger partial charge on any atom is -0.323 e. The van der Waals surface area contributed by atoms with Gasteiger partial charge in [0.1, 0.15) is 5.54 Å². The van der Waals surface area contributed by atoms with E-state index in [9.17, 15) is 9.59 Å². The maximum absolute atomic E-state index is 12.1. The Labute approximate surface area is 140 Å². The first-order valence-corrected chi connectivity index (χ1v) is 9.18. The van der Waals surface area contributed by atoms with Crippen molar-refractivity contribution in [2.75, 3.05) is 13.1 Å². The molecule has 6 nitrogen and oxygen atoms in total. The number of aromatic nitrogens is 1. The van der Waals surface area contributed by atoms with E-state index >= 15 is 0 Å². The molecule has 3 amide bonds. The Kier molecular flexibility index (Phi) is 4.68. The Morgan fingerprint density at radius 1 is 1.48 bits per heavy atom. The first-order valence-electron chi connectivity index (χ1n) is 8.30. The van der Waals surface area contributed by atoms with Crippen LogP contribution < -0.4 is 10.6 Å². The number of nitrogens with zero attached hydrogens (tertiary/aromatic N) is 2. The van der Waals surface area contributed by atoms with Gasteiger partial charge in [-0.25, -0.2) is 9.78 Å². The summed E-state index contributed by atoms with van der Waals surface area (Å²) < 4.78 is 0. The van der Waals surface area contributed by atoms with E-state index in [2.05, 4.69) is 32.8 Å². The van der Waals surface area contributed by atoms with Gasteiger partial charge in [0.05, 0.1) is 10.7 Å². The number of hydrogen-bond acceptors (Lipinski definition) is 5. The minimum absolute atomic E-state index is 0.136. The largest absolute Gasteiger partial charge is 0.323 e. The fourth-order valence-electron chi connectivity index (χ4n) is 3.49. The lowest BCUT2D eigenvalue weighted by Gasteiger charge is -2.39. The van der Waals surface area contributed by atoms with Gasteiger partial charge in [-0.05, 0) is 39.2 Å². The molecule has 2 saturated heterocycles. The number of carbonyl (C=O) groups excluding carboxylic acids is 2. The fourth-order valence-corrected chi connectivity index (χ4v) is 4.39. The van der Waals surface area contributed by atoms with Gasteiger partial charge in [-0.1, -0.05) is 6.92 Å². The SMILES string of the molecule is CCCc1nc(CN2CCC[C@@H]([C@]3(C)NC(=O)NC3=O)C2)cs1. The van der Waals surface area contributed by atoms with Gasteiger partial charge < -0.3 is 5.32 Å². The monoisotopic (exact) mass is 336 g/mol. The number of hydrogen-bond donors (Lipinski definition) is 2. The topological polar surface area (TPSA) is 74.3 Å². The molecule has 0 saturated carbocycles. The maximum atomic E-state index is 12.1. The molecule has 0 unspecified atom stereocenters. The van der Waals surface area contributed by atoms with Crippen LogP contribution in [0.4, 0.5) is 4.79 Å². The van der Waals surface area contributed by atoms with E-state index in [1.54, 1.807) is 11.3 Å². The Hall–Kier alpha value is -1.47. The smallest absolute Gasteiger partial charge is 0.322 e. The predicted octanol–water partition coefficient (Wildman–Crippen LogP) is 1.91. The van der Waals surface area contributed by atoms with Crippen molar-refractivity contribution in [1.82, 2.24) is 20.5 Å². The number of piperidine rings is 1. The molecule has 0 aliphatic carbocycles. The normalized spacial score (nSPS) is 28.7. The highest BCUT2D eigenvalue weighted by Crippen LogP contribution is 2.30. The van der Waals surface area contributed by atoms with E-state index in [4.69, 9.17) is 0 Å². The van der Waals surface area contributed by atoms with Gasteiger partial charge in [0.15, 0.2) is 0 Å². The highest BCUT2D eigenvalue weighted by atomic mass is 32.1. The highest BCUT2D eigenvalue weighted by Gasteiger charge is 2.48. The molecule has 0 bridgehead atoms. The number of imide groups is 1. The van der Waals surface area contributed by atoms with Gasteiger partial charge >= 0.3 is 6.03 Å². The summed E-state index contributed by atoms with van der Waals surface area (Å²) in [5.41, 5.74) is 0.328. The van der Waals surface area contributed by atoms with Gasteiger partial charge in [-0.15, -0.1) is 11.3 Å². The van der Waals surface area contributed by atoms with Crippen LogP contribution >= 0.6 is 11.3 Å².